The third-order valence-corrected chi connectivity index (χ3v) is 2.86. The second-order valence-electron chi connectivity index (χ2n) is 4.55. The Morgan fingerprint density at radius 1 is 1.33 bits per heavy atom. The number of hydrogen-bond acceptors (Lipinski definition) is 5. The number of phenols is 1. The van der Waals surface area contributed by atoms with Gasteiger partial charge in [-0.25, -0.2) is 0 Å². The van der Waals surface area contributed by atoms with Crippen LogP contribution in [0.1, 0.15) is 22.8 Å². The highest BCUT2D eigenvalue weighted by Gasteiger charge is 2.21. The number of amides is 1. The van der Waals surface area contributed by atoms with Gasteiger partial charge in [0.15, 0.2) is 0 Å². The van der Waals surface area contributed by atoms with Gasteiger partial charge in [0.25, 0.3) is 5.91 Å². The highest BCUT2D eigenvalue weighted by Crippen LogP contribution is 2.20. The van der Waals surface area contributed by atoms with Crippen LogP contribution in [0, 0.1) is 6.92 Å². The number of nitrogens with zero attached hydrogens (tertiary/aromatic N) is 1. The Bertz CT molecular complexity index is 501. The van der Waals surface area contributed by atoms with Gasteiger partial charge < -0.3 is 19.5 Å². The standard InChI is InChI=1S/C15H21NO5/c1-4-21-14(18)10-16(7-8-20-3)15(19)12-6-5-11(2)9-13(12)17/h5-6,9,17H,4,7-8,10H2,1-3H3. The minimum absolute atomic E-state index is 0.105. The summed E-state index contributed by atoms with van der Waals surface area (Å²) < 4.78 is 9.79. The predicted molar refractivity (Wildman–Crippen MR) is 77.3 cm³/mol. The molecular formula is C15H21NO5. The van der Waals surface area contributed by atoms with Crippen molar-refractivity contribution in [2.45, 2.75) is 13.8 Å². The first-order valence-corrected chi connectivity index (χ1v) is 6.73. The predicted octanol–water partition coefficient (Wildman–Crippen LogP) is 1.35. The van der Waals surface area contributed by atoms with Crippen molar-refractivity contribution in [3.05, 3.63) is 29.3 Å². The van der Waals surface area contributed by atoms with Crippen molar-refractivity contribution < 1.29 is 24.2 Å². The van der Waals surface area contributed by atoms with Crippen LogP contribution in [0.15, 0.2) is 18.2 Å². The molecule has 1 rings (SSSR count). The number of esters is 1. The Labute approximate surface area is 124 Å². The number of carbonyl (C=O) groups excluding carboxylic acids is 2. The highest BCUT2D eigenvalue weighted by molar-refractivity contribution is 5.98. The van der Waals surface area contributed by atoms with Crippen LogP contribution >= 0.6 is 0 Å². The van der Waals surface area contributed by atoms with Crippen LogP contribution in [-0.4, -0.2) is 55.3 Å². The monoisotopic (exact) mass is 295 g/mol. The number of methoxy groups -OCH3 is 1. The molecule has 0 radical (unpaired) electrons. The molecule has 0 spiro atoms. The summed E-state index contributed by atoms with van der Waals surface area (Å²) in [6, 6.07) is 4.77. The number of carbonyl (C=O) groups is 2. The van der Waals surface area contributed by atoms with Crippen molar-refractivity contribution in [2.75, 3.05) is 33.4 Å². The van der Waals surface area contributed by atoms with Gasteiger partial charge >= 0.3 is 5.97 Å². The third-order valence-electron chi connectivity index (χ3n) is 2.86. The molecule has 1 amide bonds. The maximum absolute atomic E-state index is 12.4. The van der Waals surface area contributed by atoms with Crippen molar-refractivity contribution in [3.8, 4) is 5.75 Å². The first kappa shape index (κ1) is 17.0. The summed E-state index contributed by atoms with van der Waals surface area (Å²) >= 11 is 0. The Morgan fingerprint density at radius 2 is 2.05 bits per heavy atom. The van der Waals surface area contributed by atoms with Gasteiger partial charge in [0.2, 0.25) is 0 Å². The molecule has 6 nitrogen and oxygen atoms in total. The van der Waals surface area contributed by atoms with E-state index in [1.54, 1.807) is 13.0 Å². The lowest BCUT2D eigenvalue weighted by Gasteiger charge is -2.22. The first-order chi connectivity index (χ1) is 9.99. The molecule has 0 heterocycles. The molecular weight excluding hydrogens is 274 g/mol. The van der Waals surface area contributed by atoms with Crippen molar-refractivity contribution in [2.24, 2.45) is 0 Å². The molecule has 0 bridgehead atoms. The van der Waals surface area contributed by atoms with Gasteiger partial charge in [0.1, 0.15) is 12.3 Å². The molecule has 0 saturated carbocycles. The largest absolute Gasteiger partial charge is 0.507 e. The molecule has 0 atom stereocenters. The van der Waals surface area contributed by atoms with E-state index in [1.165, 1.54) is 24.1 Å². The van der Waals surface area contributed by atoms with Crippen molar-refractivity contribution >= 4 is 11.9 Å². The molecule has 116 valence electrons. The van der Waals surface area contributed by atoms with Crippen LogP contribution in [0.2, 0.25) is 0 Å². The zero-order chi connectivity index (χ0) is 15.8. The van der Waals surface area contributed by atoms with E-state index in [9.17, 15) is 14.7 Å². The lowest BCUT2D eigenvalue weighted by molar-refractivity contribution is -0.143. The maximum atomic E-state index is 12.4. The molecule has 0 aliphatic heterocycles. The molecule has 1 aromatic carbocycles. The van der Waals surface area contributed by atoms with Gasteiger partial charge in [-0.2, -0.15) is 0 Å². The summed E-state index contributed by atoms with van der Waals surface area (Å²) in [4.78, 5) is 25.3. The Balaban J connectivity index is 2.90. The van der Waals surface area contributed by atoms with Crippen molar-refractivity contribution in [1.82, 2.24) is 4.90 Å². The van der Waals surface area contributed by atoms with E-state index < -0.39 is 11.9 Å². The fraction of sp³-hybridized carbons (Fsp3) is 0.467. The fourth-order valence-corrected chi connectivity index (χ4v) is 1.81. The van der Waals surface area contributed by atoms with Crippen molar-refractivity contribution in [3.63, 3.8) is 0 Å². The quantitative estimate of drug-likeness (QED) is 0.768. The number of ether oxygens (including phenoxy) is 2. The van der Waals surface area contributed by atoms with Crippen LogP contribution in [0.5, 0.6) is 5.75 Å². The van der Waals surface area contributed by atoms with E-state index in [4.69, 9.17) is 9.47 Å². The summed E-state index contributed by atoms with van der Waals surface area (Å²) in [5.74, 6) is -1.03. The number of aromatic hydroxyl groups is 1. The third kappa shape index (κ3) is 5.07. The lowest BCUT2D eigenvalue weighted by atomic mass is 10.1. The molecule has 0 unspecified atom stereocenters. The Morgan fingerprint density at radius 3 is 2.62 bits per heavy atom. The van der Waals surface area contributed by atoms with Crippen LogP contribution in [0.4, 0.5) is 0 Å². The minimum atomic E-state index is -0.492. The summed E-state index contributed by atoms with van der Waals surface area (Å²) in [7, 11) is 1.51. The Hall–Kier alpha value is -2.08. The summed E-state index contributed by atoms with van der Waals surface area (Å²) in [5.41, 5.74) is 0.999. The first-order valence-electron chi connectivity index (χ1n) is 6.73. The van der Waals surface area contributed by atoms with Crippen molar-refractivity contribution in [1.29, 1.82) is 0 Å². The molecule has 1 aromatic rings. The van der Waals surface area contributed by atoms with Crippen LogP contribution in [-0.2, 0) is 14.3 Å². The molecule has 21 heavy (non-hydrogen) atoms. The second kappa shape index (κ2) is 8.26. The molecule has 6 heteroatoms. The Kier molecular flexibility index (Phi) is 6.68. The average Bonchev–Trinajstić information content (AvgIpc) is 2.43. The van der Waals surface area contributed by atoms with Gasteiger partial charge in [-0.3, -0.25) is 9.59 Å². The highest BCUT2D eigenvalue weighted by atomic mass is 16.5. The van der Waals surface area contributed by atoms with Gasteiger partial charge in [-0.15, -0.1) is 0 Å². The molecule has 0 aromatic heterocycles. The van der Waals surface area contributed by atoms with E-state index in [2.05, 4.69) is 0 Å². The van der Waals surface area contributed by atoms with E-state index in [1.807, 2.05) is 6.92 Å². The van der Waals surface area contributed by atoms with Crippen LogP contribution in [0.25, 0.3) is 0 Å². The lowest BCUT2D eigenvalue weighted by Crippen LogP contribution is -2.38. The van der Waals surface area contributed by atoms with E-state index in [-0.39, 0.29) is 37.6 Å². The summed E-state index contributed by atoms with van der Waals surface area (Å²) in [6.07, 6.45) is 0. The van der Waals surface area contributed by atoms with Gasteiger partial charge in [-0.05, 0) is 31.5 Å². The molecule has 0 saturated heterocycles. The second-order valence-corrected chi connectivity index (χ2v) is 4.55. The van der Waals surface area contributed by atoms with Gasteiger partial charge in [0, 0.05) is 13.7 Å². The molecule has 1 N–H and O–H groups in total. The number of rotatable bonds is 7. The number of benzene rings is 1. The fourth-order valence-electron chi connectivity index (χ4n) is 1.81. The zero-order valence-electron chi connectivity index (χ0n) is 12.6. The molecule has 0 aliphatic rings. The average molecular weight is 295 g/mol. The number of hydrogen-bond donors (Lipinski definition) is 1. The van der Waals surface area contributed by atoms with E-state index >= 15 is 0 Å². The minimum Gasteiger partial charge on any atom is -0.507 e. The summed E-state index contributed by atoms with van der Waals surface area (Å²) in [5, 5.41) is 9.88. The SMILES string of the molecule is CCOC(=O)CN(CCOC)C(=O)c1ccc(C)cc1O. The number of phenolic OH excluding ortho intramolecular Hbond substituents is 1. The van der Waals surface area contributed by atoms with E-state index in [0.29, 0.717) is 0 Å². The topological polar surface area (TPSA) is 76.1 Å². The maximum Gasteiger partial charge on any atom is 0.325 e. The van der Waals surface area contributed by atoms with E-state index in [0.717, 1.165) is 5.56 Å². The normalized spacial score (nSPS) is 10.2. The number of aryl methyl sites for hydroxylation is 1. The van der Waals surface area contributed by atoms with Crippen LogP contribution < -0.4 is 0 Å². The van der Waals surface area contributed by atoms with Crippen LogP contribution in [0.3, 0.4) is 0 Å². The zero-order valence-corrected chi connectivity index (χ0v) is 12.6. The molecule has 0 aliphatic carbocycles. The van der Waals surface area contributed by atoms with Gasteiger partial charge in [0.05, 0.1) is 18.8 Å². The molecule has 0 fully saturated rings. The smallest absolute Gasteiger partial charge is 0.325 e. The summed E-state index contributed by atoms with van der Waals surface area (Å²) in [6.45, 7) is 4.11. The van der Waals surface area contributed by atoms with Gasteiger partial charge in [-0.1, -0.05) is 6.07 Å².